The van der Waals surface area contributed by atoms with Gasteiger partial charge in [0.1, 0.15) is 0 Å². The fourth-order valence-corrected chi connectivity index (χ4v) is 3.39. The van der Waals surface area contributed by atoms with E-state index in [0.29, 0.717) is 0 Å². The second-order valence-corrected chi connectivity index (χ2v) is 6.80. The van der Waals surface area contributed by atoms with Gasteiger partial charge in [-0.25, -0.2) is 0 Å². The summed E-state index contributed by atoms with van der Waals surface area (Å²) in [6.07, 6.45) is 0.903. The van der Waals surface area contributed by atoms with E-state index in [9.17, 15) is 0 Å². The van der Waals surface area contributed by atoms with E-state index in [-0.39, 0.29) is 6.04 Å². The molecule has 0 saturated carbocycles. The summed E-state index contributed by atoms with van der Waals surface area (Å²) in [5.74, 6) is 0. The van der Waals surface area contributed by atoms with Gasteiger partial charge < -0.3 is 4.90 Å². The van der Waals surface area contributed by atoms with Crippen LogP contribution in [0, 0.1) is 0 Å². The Morgan fingerprint density at radius 3 is 2.04 bits per heavy atom. The largest absolute Gasteiger partial charge is 0.378 e. The molecule has 0 amide bonds. The van der Waals surface area contributed by atoms with Crippen LogP contribution in [0.4, 0.5) is 11.4 Å². The van der Waals surface area contributed by atoms with Gasteiger partial charge in [-0.15, -0.1) is 0 Å². The summed E-state index contributed by atoms with van der Waals surface area (Å²) in [4.78, 5) is 2.12. The molecular formula is C23H23N3. The molecule has 130 valence electrons. The number of rotatable bonds is 4. The average molecular weight is 341 g/mol. The van der Waals surface area contributed by atoms with Crippen LogP contribution in [-0.4, -0.2) is 19.8 Å². The number of hydrogen-bond acceptors (Lipinski definition) is 3. The van der Waals surface area contributed by atoms with Gasteiger partial charge in [0.15, 0.2) is 0 Å². The molecule has 0 spiro atoms. The summed E-state index contributed by atoms with van der Waals surface area (Å²) in [7, 11) is 4.13. The van der Waals surface area contributed by atoms with Gasteiger partial charge in [0.05, 0.1) is 17.4 Å². The summed E-state index contributed by atoms with van der Waals surface area (Å²) >= 11 is 0. The van der Waals surface area contributed by atoms with Crippen molar-refractivity contribution in [3.05, 3.63) is 96.1 Å². The Kier molecular flexibility index (Phi) is 4.44. The van der Waals surface area contributed by atoms with Crippen molar-refractivity contribution in [2.45, 2.75) is 12.5 Å². The average Bonchev–Trinajstić information content (AvgIpc) is 3.15. The Morgan fingerprint density at radius 2 is 1.42 bits per heavy atom. The molecule has 0 radical (unpaired) electrons. The first-order valence-electron chi connectivity index (χ1n) is 8.97. The lowest BCUT2D eigenvalue weighted by Crippen LogP contribution is -2.18. The highest BCUT2D eigenvalue weighted by atomic mass is 15.5. The summed E-state index contributed by atoms with van der Waals surface area (Å²) in [5.41, 5.74) is 5.95. The summed E-state index contributed by atoms with van der Waals surface area (Å²) in [6.45, 7) is 0. The van der Waals surface area contributed by atoms with Crippen LogP contribution in [-0.2, 0) is 0 Å². The Hall–Kier alpha value is -3.07. The van der Waals surface area contributed by atoms with E-state index in [1.165, 1.54) is 16.8 Å². The molecule has 0 aliphatic carbocycles. The van der Waals surface area contributed by atoms with Crippen molar-refractivity contribution < 1.29 is 0 Å². The SMILES string of the molecule is CN(C)c1ccc([C@@H]2CC(c3ccccc3)=NN2c2ccccc2)cc1. The number of para-hydroxylation sites is 1. The van der Waals surface area contributed by atoms with E-state index in [1.54, 1.807) is 0 Å². The Balaban J connectivity index is 1.71. The van der Waals surface area contributed by atoms with Crippen LogP contribution in [0.1, 0.15) is 23.6 Å². The zero-order valence-corrected chi connectivity index (χ0v) is 15.2. The zero-order valence-electron chi connectivity index (χ0n) is 15.2. The molecule has 0 fully saturated rings. The van der Waals surface area contributed by atoms with Crippen molar-refractivity contribution in [3.63, 3.8) is 0 Å². The van der Waals surface area contributed by atoms with Crippen LogP contribution in [0.5, 0.6) is 0 Å². The molecular weight excluding hydrogens is 318 g/mol. The maximum atomic E-state index is 4.98. The van der Waals surface area contributed by atoms with Crippen molar-refractivity contribution in [2.24, 2.45) is 5.10 Å². The lowest BCUT2D eigenvalue weighted by molar-refractivity contribution is 0.709. The predicted molar refractivity (Wildman–Crippen MR) is 110 cm³/mol. The highest BCUT2D eigenvalue weighted by Gasteiger charge is 2.29. The first kappa shape index (κ1) is 16.4. The molecule has 26 heavy (non-hydrogen) atoms. The van der Waals surface area contributed by atoms with Gasteiger partial charge in [0.2, 0.25) is 0 Å². The molecule has 1 atom stereocenters. The minimum absolute atomic E-state index is 0.212. The molecule has 4 rings (SSSR count). The number of hydrazone groups is 1. The van der Waals surface area contributed by atoms with Crippen LogP contribution in [0.25, 0.3) is 0 Å². The van der Waals surface area contributed by atoms with Gasteiger partial charge in [-0.05, 0) is 35.4 Å². The zero-order chi connectivity index (χ0) is 17.9. The van der Waals surface area contributed by atoms with Gasteiger partial charge in [-0.2, -0.15) is 5.10 Å². The second-order valence-electron chi connectivity index (χ2n) is 6.80. The van der Waals surface area contributed by atoms with Crippen molar-refractivity contribution in [1.82, 2.24) is 0 Å². The minimum Gasteiger partial charge on any atom is -0.378 e. The van der Waals surface area contributed by atoms with Crippen LogP contribution in [0.3, 0.4) is 0 Å². The van der Waals surface area contributed by atoms with E-state index in [1.807, 2.05) is 12.1 Å². The molecule has 3 aromatic carbocycles. The molecule has 3 nitrogen and oxygen atoms in total. The summed E-state index contributed by atoms with van der Waals surface area (Å²) in [6, 6.07) is 29.9. The number of benzene rings is 3. The Bertz CT molecular complexity index is 884. The molecule has 0 aromatic heterocycles. The topological polar surface area (TPSA) is 18.8 Å². The van der Waals surface area contributed by atoms with Crippen LogP contribution < -0.4 is 9.91 Å². The second kappa shape index (κ2) is 7.04. The standard InChI is InChI=1S/C23H23N3/c1-25(2)20-15-13-19(14-16-20)23-17-22(18-9-5-3-6-10-18)24-26(23)21-11-7-4-8-12-21/h3-16,23H,17H2,1-2H3/t23-/m0/s1. The predicted octanol–water partition coefficient (Wildman–Crippen LogP) is 5.11. The molecule has 0 bridgehead atoms. The molecule has 1 aliphatic rings. The van der Waals surface area contributed by atoms with Crippen LogP contribution in [0.15, 0.2) is 90.0 Å². The highest BCUT2D eigenvalue weighted by Crippen LogP contribution is 2.37. The molecule has 0 saturated heterocycles. The molecule has 3 aromatic rings. The molecule has 1 aliphatic heterocycles. The summed E-state index contributed by atoms with van der Waals surface area (Å²) in [5, 5.41) is 7.14. The van der Waals surface area contributed by atoms with Crippen molar-refractivity contribution in [2.75, 3.05) is 24.0 Å². The van der Waals surface area contributed by atoms with E-state index in [0.717, 1.165) is 17.8 Å². The van der Waals surface area contributed by atoms with Crippen molar-refractivity contribution >= 4 is 17.1 Å². The van der Waals surface area contributed by atoms with E-state index < -0.39 is 0 Å². The lowest BCUT2D eigenvalue weighted by atomic mass is 9.98. The molecule has 3 heteroatoms. The maximum absolute atomic E-state index is 4.98. The monoisotopic (exact) mass is 341 g/mol. The number of nitrogens with zero attached hydrogens (tertiary/aromatic N) is 3. The summed E-state index contributed by atoms with van der Waals surface area (Å²) < 4.78 is 0. The highest BCUT2D eigenvalue weighted by molar-refractivity contribution is 6.03. The quantitative estimate of drug-likeness (QED) is 0.657. The third-order valence-corrected chi connectivity index (χ3v) is 4.83. The number of hydrogen-bond donors (Lipinski definition) is 0. The van der Waals surface area contributed by atoms with E-state index in [2.05, 4.69) is 96.8 Å². The number of anilines is 2. The fourth-order valence-electron chi connectivity index (χ4n) is 3.39. The van der Waals surface area contributed by atoms with Crippen molar-refractivity contribution in [3.8, 4) is 0 Å². The normalized spacial score (nSPS) is 16.5. The van der Waals surface area contributed by atoms with Gasteiger partial charge in [0.25, 0.3) is 0 Å². The minimum atomic E-state index is 0.212. The van der Waals surface area contributed by atoms with E-state index >= 15 is 0 Å². The Labute approximate surface area is 155 Å². The van der Waals surface area contributed by atoms with Gasteiger partial charge in [-0.1, -0.05) is 60.7 Å². The van der Waals surface area contributed by atoms with Crippen LogP contribution in [0.2, 0.25) is 0 Å². The first-order valence-corrected chi connectivity index (χ1v) is 8.97. The fraction of sp³-hybridized carbons (Fsp3) is 0.174. The first-order chi connectivity index (χ1) is 12.7. The van der Waals surface area contributed by atoms with Gasteiger partial charge in [-0.3, -0.25) is 5.01 Å². The molecule has 0 N–H and O–H groups in total. The van der Waals surface area contributed by atoms with Crippen LogP contribution >= 0.6 is 0 Å². The van der Waals surface area contributed by atoms with E-state index in [4.69, 9.17) is 5.10 Å². The molecule has 1 heterocycles. The Morgan fingerprint density at radius 1 is 0.808 bits per heavy atom. The maximum Gasteiger partial charge on any atom is 0.0831 e. The molecule has 0 unspecified atom stereocenters. The third-order valence-electron chi connectivity index (χ3n) is 4.83. The van der Waals surface area contributed by atoms with Gasteiger partial charge >= 0.3 is 0 Å². The smallest absolute Gasteiger partial charge is 0.0831 e. The van der Waals surface area contributed by atoms with Crippen molar-refractivity contribution in [1.29, 1.82) is 0 Å². The lowest BCUT2D eigenvalue weighted by Gasteiger charge is -2.24. The third kappa shape index (κ3) is 3.21. The van der Waals surface area contributed by atoms with Gasteiger partial charge in [0, 0.05) is 26.2 Å².